The number of nitrogens with one attached hydrogen (secondary N) is 1. The number of aliphatic hydroxyl groups excluding tert-OH is 1. The second-order valence-corrected chi connectivity index (χ2v) is 9.13. The molecule has 167 valence electrons. The first-order valence-corrected chi connectivity index (χ1v) is 11.7. The number of methoxy groups -OCH3 is 1. The summed E-state index contributed by atoms with van der Waals surface area (Å²) in [5, 5.41) is 34.3. The van der Waals surface area contributed by atoms with E-state index in [1.54, 1.807) is 41.3 Å². The summed E-state index contributed by atoms with van der Waals surface area (Å²) in [5.41, 5.74) is -0.0452. The van der Waals surface area contributed by atoms with Crippen LogP contribution in [0.4, 0.5) is 5.69 Å². The zero-order valence-electron chi connectivity index (χ0n) is 17.4. The summed E-state index contributed by atoms with van der Waals surface area (Å²) in [6, 6.07) is 14.2. The first-order valence-electron chi connectivity index (χ1n) is 9.67. The summed E-state index contributed by atoms with van der Waals surface area (Å²) < 4.78 is 6.20. The van der Waals surface area contributed by atoms with Crippen LogP contribution in [-0.4, -0.2) is 66.1 Å². The molecule has 0 bridgehead atoms. The summed E-state index contributed by atoms with van der Waals surface area (Å²) in [5.74, 6) is -0.988. The van der Waals surface area contributed by atoms with Gasteiger partial charge in [-0.2, -0.15) is 0 Å². The number of aliphatic imine (C=N–C) groups is 1. The fourth-order valence-corrected chi connectivity index (χ4v) is 6.04. The van der Waals surface area contributed by atoms with Crippen molar-refractivity contribution in [3.63, 3.8) is 0 Å². The third-order valence-corrected chi connectivity index (χ3v) is 7.57. The Balaban J connectivity index is 2.13. The van der Waals surface area contributed by atoms with E-state index in [1.807, 2.05) is 19.1 Å². The van der Waals surface area contributed by atoms with Crippen molar-refractivity contribution in [2.45, 2.75) is 18.5 Å². The van der Waals surface area contributed by atoms with Crippen LogP contribution in [0.15, 0.2) is 65.0 Å². The van der Waals surface area contributed by atoms with E-state index < -0.39 is 43.0 Å². The first-order chi connectivity index (χ1) is 15.4. The number of rotatable bonds is 9. The molecule has 0 spiro atoms. The van der Waals surface area contributed by atoms with Crippen LogP contribution >= 0.6 is 0 Å². The Labute approximate surface area is 191 Å². The average molecular weight is 501 g/mol. The van der Waals surface area contributed by atoms with Crippen LogP contribution in [0, 0.1) is 10.1 Å². The van der Waals surface area contributed by atoms with Gasteiger partial charge >= 0.3 is 191 Å². The summed E-state index contributed by atoms with van der Waals surface area (Å²) in [4.78, 5) is 28.5. The summed E-state index contributed by atoms with van der Waals surface area (Å²) in [6.45, 7) is 1.99. The van der Waals surface area contributed by atoms with Gasteiger partial charge in [0.1, 0.15) is 0 Å². The SMILES string of the molecule is CCN1C(Nc2ccccc2OC)=C([N+](=O)[O-])C(C(=O)O)=NC1[As]c1ccccc1CO. The van der Waals surface area contributed by atoms with Gasteiger partial charge < -0.3 is 0 Å². The maximum absolute atomic E-state index is 11.9. The molecule has 0 amide bonds. The molecule has 32 heavy (non-hydrogen) atoms. The molecule has 1 aliphatic heterocycles. The minimum atomic E-state index is -1.48. The Morgan fingerprint density at radius 3 is 2.59 bits per heavy atom. The second-order valence-electron chi connectivity index (χ2n) is 6.61. The fourth-order valence-electron chi connectivity index (χ4n) is 3.26. The molecule has 3 rings (SSSR count). The van der Waals surface area contributed by atoms with Gasteiger partial charge in [0, 0.05) is 0 Å². The van der Waals surface area contributed by atoms with E-state index in [4.69, 9.17) is 4.74 Å². The monoisotopic (exact) mass is 501 g/mol. The number of nitrogens with zero attached hydrogens (tertiary/aromatic N) is 3. The van der Waals surface area contributed by atoms with E-state index in [0.29, 0.717) is 18.0 Å². The number of anilines is 1. The van der Waals surface area contributed by atoms with Gasteiger partial charge in [-0.15, -0.1) is 0 Å². The molecule has 1 unspecified atom stereocenters. The van der Waals surface area contributed by atoms with Crippen molar-refractivity contribution in [1.82, 2.24) is 4.90 Å². The van der Waals surface area contributed by atoms with Crippen LogP contribution in [0.5, 0.6) is 5.75 Å². The number of hydrogen-bond acceptors (Lipinski definition) is 8. The molecule has 0 aliphatic carbocycles. The van der Waals surface area contributed by atoms with Crippen molar-refractivity contribution in [3.05, 3.63) is 75.7 Å². The number of aliphatic hydroxyl groups is 1. The number of ether oxygens (including phenoxy) is 1. The van der Waals surface area contributed by atoms with Crippen molar-refractivity contribution < 1.29 is 24.7 Å². The predicted molar refractivity (Wildman–Crippen MR) is 120 cm³/mol. The van der Waals surface area contributed by atoms with Crippen LogP contribution in [-0.2, 0) is 11.4 Å². The van der Waals surface area contributed by atoms with Gasteiger partial charge in [0.05, 0.1) is 0 Å². The number of carboxylic acids is 1. The van der Waals surface area contributed by atoms with Gasteiger partial charge in [0.15, 0.2) is 0 Å². The minimum absolute atomic E-state index is 0.0381. The van der Waals surface area contributed by atoms with Gasteiger partial charge in [0.2, 0.25) is 0 Å². The normalized spacial score (nSPS) is 16.3. The zero-order valence-corrected chi connectivity index (χ0v) is 19.3. The molecular weight excluding hydrogens is 479 g/mol. The Hall–Kier alpha value is -3.36. The molecular formula is C21H22AsN4O6. The van der Waals surface area contributed by atoms with Gasteiger partial charge in [-0.05, 0) is 0 Å². The van der Waals surface area contributed by atoms with E-state index >= 15 is 0 Å². The molecule has 0 aromatic heterocycles. The van der Waals surface area contributed by atoms with Gasteiger partial charge in [0.25, 0.3) is 0 Å². The third-order valence-electron chi connectivity index (χ3n) is 4.76. The number of carboxylic acid groups (broad SMARTS) is 1. The van der Waals surface area contributed by atoms with Crippen molar-refractivity contribution >= 4 is 37.5 Å². The Morgan fingerprint density at radius 2 is 1.97 bits per heavy atom. The number of hydrogen-bond donors (Lipinski definition) is 3. The molecule has 1 aliphatic rings. The van der Waals surface area contributed by atoms with Gasteiger partial charge in [-0.1, -0.05) is 0 Å². The van der Waals surface area contributed by atoms with Crippen LogP contribution < -0.4 is 14.4 Å². The van der Waals surface area contributed by atoms with Gasteiger partial charge in [-0.25, -0.2) is 0 Å². The fraction of sp³-hybridized carbons (Fsp3) is 0.238. The topological polar surface area (TPSA) is 138 Å². The molecule has 1 atom stereocenters. The molecule has 1 radical (unpaired) electrons. The quantitative estimate of drug-likeness (QED) is 0.265. The van der Waals surface area contributed by atoms with Gasteiger partial charge in [-0.3, -0.25) is 0 Å². The van der Waals surface area contributed by atoms with Crippen molar-refractivity contribution in [1.29, 1.82) is 0 Å². The molecule has 0 saturated carbocycles. The molecule has 0 saturated heterocycles. The number of para-hydroxylation sites is 2. The number of carbonyl (C=O) groups is 1. The molecule has 10 nitrogen and oxygen atoms in total. The number of nitro groups is 1. The predicted octanol–water partition coefficient (Wildman–Crippen LogP) is 1.22. The second kappa shape index (κ2) is 10.3. The molecule has 11 heteroatoms. The molecule has 1 heterocycles. The van der Waals surface area contributed by atoms with Crippen LogP contribution in [0.3, 0.4) is 0 Å². The van der Waals surface area contributed by atoms with Crippen LogP contribution in [0.2, 0.25) is 0 Å². The zero-order chi connectivity index (χ0) is 23.3. The van der Waals surface area contributed by atoms with Crippen molar-refractivity contribution in [2.24, 2.45) is 4.99 Å². The van der Waals surface area contributed by atoms with E-state index in [9.17, 15) is 25.1 Å². The third kappa shape index (κ3) is 4.76. The first kappa shape index (κ1) is 23.3. The number of aliphatic carboxylic acids is 1. The maximum atomic E-state index is 11.9. The summed E-state index contributed by atoms with van der Waals surface area (Å²) >= 11 is -0.805. The average Bonchev–Trinajstić information content (AvgIpc) is 2.79. The van der Waals surface area contributed by atoms with Crippen molar-refractivity contribution in [2.75, 3.05) is 19.0 Å². The Kier molecular flexibility index (Phi) is 7.50. The van der Waals surface area contributed by atoms with E-state index in [-0.39, 0.29) is 12.4 Å². The van der Waals surface area contributed by atoms with E-state index in [2.05, 4.69) is 10.3 Å². The van der Waals surface area contributed by atoms with Crippen LogP contribution in [0.25, 0.3) is 0 Å². The number of benzene rings is 2. The van der Waals surface area contributed by atoms with E-state index in [1.165, 1.54) is 7.11 Å². The van der Waals surface area contributed by atoms with Crippen LogP contribution in [0.1, 0.15) is 12.5 Å². The Bertz CT molecular complexity index is 1090. The molecule has 2 aromatic rings. The molecule has 3 N–H and O–H groups in total. The van der Waals surface area contributed by atoms with E-state index in [0.717, 1.165) is 9.91 Å². The molecule has 0 fully saturated rings. The van der Waals surface area contributed by atoms with Crippen molar-refractivity contribution in [3.8, 4) is 5.75 Å². The standard InChI is InChI=1S/C21H22AsN4O6/c1-3-25-19(23-15-10-6-7-11-16(15)32-2)18(26(30)31)17(20(28)29)24-21(25)22-14-9-5-4-8-13(14)12-27/h4-11,21,23,27H,3,12H2,1-2H3,(H,28,29). The summed E-state index contributed by atoms with van der Waals surface area (Å²) in [6.07, 6.45) is 0. The molecule has 2 aromatic carbocycles. The summed E-state index contributed by atoms with van der Waals surface area (Å²) in [7, 11) is 1.48. The Morgan fingerprint density at radius 1 is 1.28 bits per heavy atom.